The Bertz CT molecular complexity index is 213. The van der Waals surface area contributed by atoms with Crippen LogP contribution in [0.2, 0.25) is 0 Å². The zero-order chi connectivity index (χ0) is 11.6. The average Bonchev–Trinajstić information content (AvgIpc) is 1.95. The van der Waals surface area contributed by atoms with Gasteiger partial charge in [0.25, 0.3) is 0 Å². The molecule has 1 unspecified atom stereocenters. The van der Waals surface area contributed by atoms with Crippen molar-refractivity contribution in [1.82, 2.24) is 5.32 Å². The fourth-order valence-electron chi connectivity index (χ4n) is 0.664. The Hall–Kier alpha value is -0.880. The van der Waals surface area contributed by atoms with Crippen molar-refractivity contribution < 1.29 is 26.3 Å². The summed E-state index contributed by atoms with van der Waals surface area (Å²) >= 11 is 0. The van der Waals surface area contributed by atoms with Crippen LogP contribution in [0.25, 0.3) is 0 Å². The maximum atomic E-state index is 12.0. The summed E-state index contributed by atoms with van der Waals surface area (Å²) in [4.78, 5) is 0. The number of allylic oxidation sites excluding steroid dienone is 2. The van der Waals surface area contributed by atoms with Crippen molar-refractivity contribution >= 4 is 0 Å². The second-order valence-electron chi connectivity index (χ2n) is 2.66. The van der Waals surface area contributed by atoms with E-state index in [1.165, 1.54) is 0 Å². The van der Waals surface area contributed by atoms with Gasteiger partial charge in [0.1, 0.15) is 5.70 Å². The molecule has 0 spiro atoms. The SMILES string of the molecule is CN/C(=C\C(C)C(F)(F)F)C(F)(F)F. The van der Waals surface area contributed by atoms with Crippen LogP contribution < -0.4 is 5.32 Å². The molecule has 1 nitrogen and oxygen atoms in total. The number of hydrogen-bond donors (Lipinski definition) is 1. The Balaban J connectivity index is 4.79. The molecule has 0 heterocycles. The van der Waals surface area contributed by atoms with Gasteiger partial charge in [-0.15, -0.1) is 0 Å². The molecule has 0 saturated carbocycles. The number of halogens is 6. The van der Waals surface area contributed by atoms with Crippen molar-refractivity contribution in [3.8, 4) is 0 Å². The topological polar surface area (TPSA) is 12.0 Å². The smallest absolute Gasteiger partial charge is 0.384 e. The lowest BCUT2D eigenvalue weighted by molar-refractivity contribution is -0.157. The summed E-state index contributed by atoms with van der Waals surface area (Å²) < 4.78 is 71.6. The summed E-state index contributed by atoms with van der Waals surface area (Å²) in [6, 6.07) is 0. The van der Waals surface area contributed by atoms with E-state index in [0.29, 0.717) is 6.92 Å². The average molecular weight is 221 g/mol. The summed E-state index contributed by atoms with van der Waals surface area (Å²) in [7, 11) is 0.919. The molecule has 0 aromatic heterocycles. The first-order valence-corrected chi connectivity index (χ1v) is 3.62. The Kier molecular flexibility index (Phi) is 3.84. The van der Waals surface area contributed by atoms with E-state index >= 15 is 0 Å². The highest BCUT2D eigenvalue weighted by Crippen LogP contribution is 2.31. The lowest BCUT2D eigenvalue weighted by Gasteiger charge is -2.16. The van der Waals surface area contributed by atoms with Crippen LogP contribution >= 0.6 is 0 Å². The van der Waals surface area contributed by atoms with E-state index in [0.717, 1.165) is 7.05 Å². The first-order valence-electron chi connectivity index (χ1n) is 3.62. The van der Waals surface area contributed by atoms with Crippen LogP contribution in [-0.2, 0) is 0 Å². The van der Waals surface area contributed by atoms with Gasteiger partial charge >= 0.3 is 12.4 Å². The molecule has 0 saturated heterocycles. The van der Waals surface area contributed by atoms with Gasteiger partial charge in [-0.1, -0.05) is 6.92 Å². The van der Waals surface area contributed by atoms with Gasteiger partial charge in [0, 0.05) is 7.05 Å². The monoisotopic (exact) mass is 221 g/mol. The minimum atomic E-state index is -4.78. The molecule has 0 bridgehead atoms. The fraction of sp³-hybridized carbons (Fsp3) is 0.714. The van der Waals surface area contributed by atoms with E-state index in [2.05, 4.69) is 0 Å². The van der Waals surface area contributed by atoms with Crippen molar-refractivity contribution in [3.05, 3.63) is 11.8 Å². The summed E-state index contributed by atoms with van der Waals surface area (Å²) in [5.41, 5.74) is -1.39. The van der Waals surface area contributed by atoms with Gasteiger partial charge in [-0.2, -0.15) is 26.3 Å². The predicted molar refractivity (Wildman–Crippen MR) is 38.4 cm³/mol. The standard InChI is InChI=1S/C7H9F6N/c1-4(6(8,9)10)3-5(14-2)7(11,12)13/h3-4,14H,1-2H3/b5-3-. The lowest BCUT2D eigenvalue weighted by Crippen LogP contribution is -2.27. The summed E-state index contributed by atoms with van der Waals surface area (Å²) in [6.45, 7) is 0.656. The molecule has 0 aliphatic heterocycles. The van der Waals surface area contributed by atoms with Crippen LogP contribution in [0.15, 0.2) is 11.8 Å². The second-order valence-corrected chi connectivity index (χ2v) is 2.66. The van der Waals surface area contributed by atoms with E-state index in [-0.39, 0.29) is 6.08 Å². The van der Waals surface area contributed by atoms with E-state index < -0.39 is 24.0 Å². The van der Waals surface area contributed by atoms with Gasteiger partial charge in [-0.25, -0.2) is 0 Å². The molecule has 0 fully saturated rings. The van der Waals surface area contributed by atoms with E-state index in [1.54, 1.807) is 5.32 Å². The van der Waals surface area contributed by atoms with E-state index in [1.807, 2.05) is 0 Å². The molecule has 1 N–H and O–H groups in total. The maximum absolute atomic E-state index is 12.0. The molecular formula is C7H9F6N. The number of rotatable bonds is 2. The molecule has 0 radical (unpaired) electrons. The number of nitrogens with one attached hydrogen (secondary N) is 1. The van der Waals surface area contributed by atoms with E-state index in [4.69, 9.17) is 0 Å². The number of alkyl halides is 6. The molecule has 0 aromatic rings. The van der Waals surface area contributed by atoms with Gasteiger partial charge in [-0.3, -0.25) is 0 Å². The van der Waals surface area contributed by atoms with Gasteiger partial charge in [0.15, 0.2) is 0 Å². The van der Waals surface area contributed by atoms with Crippen molar-refractivity contribution in [2.45, 2.75) is 19.3 Å². The quantitative estimate of drug-likeness (QED) is 0.707. The molecule has 0 aliphatic rings. The highest BCUT2D eigenvalue weighted by atomic mass is 19.4. The van der Waals surface area contributed by atoms with Crippen molar-refractivity contribution in [3.63, 3.8) is 0 Å². The van der Waals surface area contributed by atoms with Crippen molar-refractivity contribution in [2.24, 2.45) is 5.92 Å². The van der Waals surface area contributed by atoms with Crippen LogP contribution in [0.3, 0.4) is 0 Å². The zero-order valence-electron chi connectivity index (χ0n) is 7.42. The van der Waals surface area contributed by atoms with Crippen LogP contribution in [0.5, 0.6) is 0 Å². The van der Waals surface area contributed by atoms with Gasteiger partial charge in [0.05, 0.1) is 5.92 Å². The van der Waals surface area contributed by atoms with Crippen LogP contribution in [0, 0.1) is 5.92 Å². The van der Waals surface area contributed by atoms with Crippen molar-refractivity contribution in [2.75, 3.05) is 7.05 Å². The molecule has 84 valence electrons. The van der Waals surface area contributed by atoms with Crippen molar-refractivity contribution in [1.29, 1.82) is 0 Å². The van der Waals surface area contributed by atoms with Gasteiger partial charge in [-0.05, 0) is 6.08 Å². The third-order valence-corrected chi connectivity index (χ3v) is 1.51. The Morgan fingerprint density at radius 1 is 1.14 bits per heavy atom. The zero-order valence-corrected chi connectivity index (χ0v) is 7.42. The third-order valence-electron chi connectivity index (χ3n) is 1.51. The molecule has 14 heavy (non-hydrogen) atoms. The fourth-order valence-corrected chi connectivity index (χ4v) is 0.664. The minimum absolute atomic E-state index is 0.111. The maximum Gasteiger partial charge on any atom is 0.430 e. The first kappa shape index (κ1) is 13.1. The second kappa shape index (κ2) is 4.10. The first-order chi connectivity index (χ1) is 6.09. The van der Waals surface area contributed by atoms with Crippen LogP contribution in [0.1, 0.15) is 6.92 Å². The molecule has 0 rings (SSSR count). The Morgan fingerprint density at radius 2 is 1.57 bits per heavy atom. The number of hydrogen-bond acceptors (Lipinski definition) is 1. The van der Waals surface area contributed by atoms with E-state index in [9.17, 15) is 26.3 Å². The molecule has 1 atom stereocenters. The normalized spacial score (nSPS) is 16.7. The van der Waals surface area contributed by atoms with Gasteiger partial charge < -0.3 is 5.32 Å². The highest BCUT2D eigenvalue weighted by Gasteiger charge is 2.39. The Labute approximate surface area is 76.8 Å². The largest absolute Gasteiger partial charge is 0.430 e. The molecular weight excluding hydrogens is 212 g/mol. The van der Waals surface area contributed by atoms with Gasteiger partial charge in [0.2, 0.25) is 0 Å². The molecule has 0 aliphatic carbocycles. The molecule has 0 aromatic carbocycles. The minimum Gasteiger partial charge on any atom is -0.384 e. The highest BCUT2D eigenvalue weighted by molar-refractivity contribution is 5.08. The van der Waals surface area contributed by atoms with Crippen LogP contribution in [0.4, 0.5) is 26.3 Å². The summed E-state index contributed by atoms with van der Waals surface area (Å²) in [5.74, 6) is -2.13. The summed E-state index contributed by atoms with van der Waals surface area (Å²) in [5, 5.41) is 1.68. The van der Waals surface area contributed by atoms with Crippen LogP contribution in [-0.4, -0.2) is 19.4 Å². The summed E-state index contributed by atoms with van der Waals surface area (Å²) in [6.07, 6.45) is -9.33. The molecule has 0 amide bonds. The Morgan fingerprint density at radius 3 is 1.79 bits per heavy atom. The molecule has 7 heteroatoms. The lowest BCUT2D eigenvalue weighted by atomic mass is 10.1. The third kappa shape index (κ3) is 3.89. The predicted octanol–water partition coefficient (Wildman–Crippen LogP) is 2.85.